The molecule has 1 aromatic carbocycles. The number of thiophene rings is 1. The van der Waals surface area contributed by atoms with E-state index in [0.29, 0.717) is 5.41 Å². The summed E-state index contributed by atoms with van der Waals surface area (Å²) in [7, 11) is 0. The second kappa shape index (κ2) is 7.03. The lowest BCUT2D eigenvalue weighted by Gasteiger charge is -2.30. The van der Waals surface area contributed by atoms with E-state index < -0.39 is 0 Å². The Hall–Kier alpha value is -1.87. The summed E-state index contributed by atoms with van der Waals surface area (Å²) in [6, 6.07) is 4.08. The summed E-state index contributed by atoms with van der Waals surface area (Å²) in [5.74, 6) is 0.137. The minimum atomic E-state index is 0.137. The number of hydrogen-bond acceptors (Lipinski definition) is 3. The van der Waals surface area contributed by atoms with Crippen molar-refractivity contribution in [2.75, 3.05) is 5.73 Å². The summed E-state index contributed by atoms with van der Waals surface area (Å²) < 4.78 is 0. The third kappa shape index (κ3) is 3.64. The van der Waals surface area contributed by atoms with Gasteiger partial charge in [0, 0.05) is 10.6 Å². The Morgan fingerprint density at radius 2 is 1.88 bits per heavy atom. The first-order valence-corrected chi connectivity index (χ1v) is 10.3. The van der Waals surface area contributed by atoms with Crippen LogP contribution in [0.4, 0.5) is 5.69 Å². The summed E-state index contributed by atoms with van der Waals surface area (Å²) in [6.45, 7) is 10.9. The van der Waals surface area contributed by atoms with Gasteiger partial charge in [-0.3, -0.25) is 4.79 Å². The standard InChI is InChI=1S/C23H29NOS/c1-6-20-18-13-23(4,5)10-9-17(18)22(26-20)19(25)8-7-16-11-14(2)21(24)15(3)12-16/h7-8,11-12H,6,9-10,13,24H2,1-5H3. The van der Waals surface area contributed by atoms with Crippen LogP contribution in [-0.4, -0.2) is 5.78 Å². The maximum Gasteiger partial charge on any atom is 0.196 e. The first-order chi connectivity index (χ1) is 12.2. The van der Waals surface area contributed by atoms with Crippen LogP contribution >= 0.6 is 11.3 Å². The highest BCUT2D eigenvalue weighted by molar-refractivity contribution is 7.14. The average molecular weight is 368 g/mol. The van der Waals surface area contributed by atoms with E-state index in [9.17, 15) is 4.79 Å². The SMILES string of the molecule is CCc1sc(C(=O)C=Cc2cc(C)c(N)c(C)c2)c2c1CC(C)(C)CC2. The van der Waals surface area contributed by atoms with Gasteiger partial charge in [0.2, 0.25) is 0 Å². The molecule has 2 aromatic rings. The van der Waals surface area contributed by atoms with Gasteiger partial charge < -0.3 is 5.73 Å². The number of aryl methyl sites for hydroxylation is 3. The van der Waals surface area contributed by atoms with Crippen molar-refractivity contribution in [2.24, 2.45) is 5.41 Å². The van der Waals surface area contributed by atoms with Crippen LogP contribution in [-0.2, 0) is 19.3 Å². The second-order valence-electron chi connectivity index (χ2n) is 8.27. The number of nitrogen functional groups attached to an aromatic ring is 1. The highest BCUT2D eigenvalue weighted by Crippen LogP contribution is 2.42. The number of benzene rings is 1. The minimum absolute atomic E-state index is 0.137. The molecule has 0 radical (unpaired) electrons. The first kappa shape index (κ1) is 18.9. The molecule has 1 aromatic heterocycles. The predicted molar refractivity (Wildman–Crippen MR) is 113 cm³/mol. The summed E-state index contributed by atoms with van der Waals surface area (Å²) in [4.78, 5) is 15.3. The van der Waals surface area contributed by atoms with Gasteiger partial charge in [-0.15, -0.1) is 11.3 Å². The minimum Gasteiger partial charge on any atom is -0.398 e. The summed E-state index contributed by atoms with van der Waals surface area (Å²) in [6.07, 6.45) is 7.93. The molecule has 0 fully saturated rings. The van der Waals surface area contributed by atoms with Crippen molar-refractivity contribution in [3.05, 3.63) is 55.8 Å². The van der Waals surface area contributed by atoms with Crippen molar-refractivity contribution in [1.29, 1.82) is 0 Å². The zero-order valence-corrected chi connectivity index (χ0v) is 17.3. The molecule has 1 aliphatic rings. The van der Waals surface area contributed by atoms with E-state index in [2.05, 4.69) is 20.8 Å². The molecule has 3 rings (SSSR count). The molecular weight excluding hydrogens is 338 g/mol. The lowest BCUT2D eigenvalue weighted by atomic mass is 9.74. The zero-order valence-electron chi connectivity index (χ0n) is 16.5. The Morgan fingerprint density at radius 1 is 1.23 bits per heavy atom. The van der Waals surface area contributed by atoms with E-state index in [4.69, 9.17) is 5.73 Å². The highest BCUT2D eigenvalue weighted by Gasteiger charge is 2.31. The normalized spacial score (nSPS) is 16.0. The van der Waals surface area contributed by atoms with E-state index in [1.54, 1.807) is 17.4 Å². The molecule has 0 atom stereocenters. The number of carbonyl (C=O) groups excluding carboxylic acids is 1. The Kier molecular flexibility index (Phi) is 5.12. The van der Waals surface area contributed by atoms with Crippen LogP contribution in [0.1, 0.15) is 69.6 Å². The van der Waals surface area contributed by atoms with Crippen LogP contribution in [0.15, 0.2) is 18.2 Å². The lowest BCUT2D eigenvalue weighted by molar-refractivity contribution is 0.105. The molecular formula is C23H29NOS. The van der Waals surface area contributed by atoms with Crippen molar-refractivity contribution in [1.82, 2.24) is 0 Å². The molecule has 26 heavy (non-hydrogen) atoms. The van der Waals surface area contributed by atoms with Crippen molar-refractivity contribution in [3.8, 4) is 0 Å². The number of fused-ring (bicyclic) bond motifs is 1. The molecule has 0 amide bonds. The van der Waals surface area contributed by atoms with Crippen LogP contribution < -0.4 is 5.73 Å². The number of ketones is 1. The number of hydrogen-bond donors (Lipinski definition) is 1. The summed E-state index contributed by atoms with van der Waals surface area (Å²) in [5.41, 5.74) is 13.1. The Labute approximate surface area is 161 Å². The molecule has 138 valence electrons. The average Bonchev–Trinajstić information content (AvgIpc) is 2.94. The molecule has 0 aliphatic heterocycles. The number of allylic oxidation sites excluding steroid dienone is 1. The van der Waals surface area contributed by atoms with Crippen LogP contribution in [0.5, 0.6) is 0 Å². The molecule has 0 spiro atoms. The van der Waals surface area contributed by atoms with Gasteiger partial charge in [0.25, 0.3) is 0 Å². The van der Waals surface area contributed by atoms with Crippen LogP contribution in [0.3, 0.4) is 0 Å². The number of anilines is 1. The number of nitrogens with two attached hydrogens (primary N) is 1. The van der Waals surface area contributed by atoms with Crippen LogP contribution in [0, 0.1) is 19.3 Å². The third-order valence-electron chi connectivity index (χ3n) is 5.50. The lowest BCUT2D eigenvalue weighted by Crippen LogP contribution is -2.22. The van der Waals surface area contributed by atoms with Crippen molar-refractivity contribution < 1.29 is 4.79 Å². The zero-order chi connectivity index (χ0) is 19.1. The van der Waals surface area contributed by atoms with E-state index in [1.165, 1.54) is 16.0 Å². The first-order valence-electron chi connectivity index (χ1n) is 9.44. The van der Waals surface area contributed by atoms with Gasteiger partial charge in [-0.1, -0.05) is 26.8 Å². The maximum atomic E-state index is 12.9. The molecule has 1 aliphatic carbocycles. The Bertz CT molecular complexity index is 863. The van der Waals surface area contributed by atoms with Gasteiger partial charge in [0.15, 0.2) is 5.78 Å². The fourth-order valence-corrected chi connectivity index (χ4v) is 5.11. The van der Waals surface area contributed by atoms with E-state index in [0.717, 1.165) is 52.9 Å². The van der Waals surface area contributed by atoms with Crippen LogP contribution in [0.2, 0.25) is 0 Å². The fourth-order valence-electron chi connectivity index (χ4n) is 3.89. The van der Waals surface area contributed by atoms with Crippen LogP contribution in [0.25, 0.3) is 6.08 Å². The van der Waals surface area contributed by atoms with Crippen molar-refractivity contribution in [2.45, 2.75) is 60.3 Å². The molecule has 2 N–H and O–H groups in total. The molecule has 1 heterocycles. The Morgan fingerprint density at radius 3 is 2.50 bits per heavy atom. The molecule has 3 heteroatoms. The Balaban J connectivity index is 1.91. The predicted octanol–water partition coefficient (Wildman–Crippen LogP) is 5.92. The van der Waals surface area contributed by atoms with Gasteiger partial charge in [0.05, 0.1) is 4.88 Å². The van der Waals surface area contributed by atoms with Gasteiger partial charge in [0.1, 0.15) is 0 Å². The largest absolute Gasteiger partial charge is 0.398 e. The topological polar surface area (TPSA) is 43.1 Å². The maximum absolute atomic E-state index is 12.9. The molecule has 0 saturated carbocycles. The van der Waals surface area contributed by atoms with Gasteiger partial charge >= 0.3 is 0 Å². The van der Waals surface area contributed by atoms with Gasteiger partial charge in [-0.05, 0) is 91.0 Å². The summed E-state index contributed by atoms with van der Waals surface area (Å²) in [5, 5.41) is 0. The van der Waals surface area contributed by atoms with E-state index in [1.807, 2.05) is 32.1 Å². The monoisotopic (exact) mass is 367 g/mol. The fraction of sp³-hybridized carbons (Fsp3) is 0.435. The third-order valence-corrected chi connectivity index (χ3v) is 6.93. The van der Waals surface area contributed by atoms with E-state index >= 15 is 0 Å². The molecule has 0 saturated heterocycles. The van der Waals surface area contributed by atoms with Gasteiger partial charge in [-0.2, -0.15) is 0 Å². The number of carbonyl (C=O) groups is 1. The smallest absolute Gasteiger partial charge is 0.196 e. The molecule has 2 nitrogen and oxygen atoms in total. The molecule has 0 unspecified atom stereocenters. The van der Waals surface area contributed by atoms with E-state index in [-0.39, 0.29) is 5.78 Å². The quantitative estimate of drug-likeness (QED) is 0.414. The van der Waals surface area contributed by atoms with Gasteiger partial charge in [-0.25, -0.2) is 0 Å². The molecule has 0 bridgehead atoms. The summed E-state index contributed by atoms with van der Waals surface area (Å²) >= 11 is 1.71. The second-order valence-corrected chi connectivity index (χ2v) is 9.38. The highest BCUT2D eigenvalue weighted by atomic mass is 32.1. The van der Waals surface area contributed by atoms with Crippen molar-refractivity contribution in [3.63, 3.8) is 0 Å². The van der Waals surface area contributed by atoms with Crippen molar-refractivity contribution >= 4 is 28.9 Å². The number of rotatable bonds is 4.